The molecule has 0 radical (unpaired) electrons. The van der Waals surface area contributed by atoms with Crippen LogP contribution in [0.25, 0.3) is 0 Å². The first-order chi connectivity index (χ1) is 13.2. The normalized spacial score (nSPS) is 33.0. The van der Waals surface area contributed by atoms with Crippen molar-refractivity contribution in [1.29, 1.82) is 0 Å². The summed E-state index contributed by atoms with van der Waals surface area (Å²) in [6, 6.07) is 11.1. The van der Waals surface area contributed by atoms with E-state index in [0.717, 1.165) is 37.7 Å². The van der Waals surface area contributed by atoms with Crippen molar-refractivity contribution < 1.29 is 14.3 Å². The van der Waals surface area contributed by atoms with Crippen LogP contribution in [0, 0.1) is 5.92 Å². The van der Waals surface area contributed by atoms with Gasteiger partial charge in [0.2, 0.25) is 0 Å². The highest BCUT2D eigenvalue weighted by atomic mass is 16.5. The minimum Gasteiger partial charge on any atom is -0.462 e. The van der Waals surface area contributed by atoms with Crippen molar-refractivity contribution in [1.82, 2.24) is 4.90 Å². The third-order valence-electron chi connectivity index (χ3n) is 7.19. The van der Waals surface area contributed by atoms with Crippen molar-refractivity contribution in [2.24, 2.45) is 5.92 Å². The molecule has 1 aromatic carbocycles. The lowest BCUT2D eigenvalue weighted by molar-refractivity contribution is -0.156. The number of nitrogens with zero attached hydrogens (tertiary/aromatic N) is 1. The van der Waals surface area contributed by atoms with E-state index in [-0.39, 0.29) is 24.1 Å². The Morgan fingerprint density at radius 1 is 1.07 bits per heavy atom. The van der Waals surface area contributed by atoms with Gasteiger partial charge in [0.25, 0.3) is 0 Å². The van der Waals surface area contributed by atoms with Crippen LogP contribution in [0.15, 0.2) is 30.3 Å². The number of carbonyl (C=O) groups is 1. The predicted molar refractivity (Wildman–Crippen MR) is 106 cm³/mol. The van der Waals surface area contributed by atoms with Crippen LogP contribution < -0.4 is 0 Å². The van der Waals surface area contributed by atoms with Gasteiger partial charge in [-0.1, -0.05) is 49.6 Å². The molecule has 2 bridgehead atoms. The van der Waals surface area contributed by atoms with E-state index in [1.807, 2.05) is 18.2 Å². The first kappa shape index (κ1) is 18.9. The van der Waals surface area contributed by atoms with Crippen LogP contribution in [0.4, 0.5) is 0 Å². The van der Waals surface area contributed by atoms with Gasteiger partial charge in [-0.2, -0.15) is 0 Å². The van der Waals surface area contributed by atoms with Gasteiger partial charge < -0.3 is 9.47 Å². The van der Waals surface area contributed by atoms with Crippen LogP contribution in [-0.4, -0.2) is 49.3 Å². The van der Waals surface area contributed by atoms with E-state index in [4.69, 9.17) is 9.47 Å². The average molecular weight is 372 g/mol. The maximum atomic E-state index is 13.3. The number of ether oxygens (including phenoxy) is 2. The quantitative estimate of drug-likeness (QED) is 0.729. The van der Waals surface area contributed by atoms with Gasteiger partial charge in [0.05, 0.1) is 12.0 Å². The van der Waals surface area contributed by atoms with Crippen LogP contribution in [-0.2, 0) is 14.3 Å². The molecule has 0 amide bonds. The van der Waals surface area contributed by atoms with Gasteiger partial charge >= 0.3 is 5.97 Å². The van der Waals surface area contributed by atoms with Gasteiger partial charge in [0.1, 0.15) is 6.10 Å². The second-order valence-corrected chi connectivity index (χ2v) is 8.71. The molecule has 4 heteroatoms. The lowest BCUT2D eigenvalue weighted by Crippen LogP contribution is -2.46. The smallest absolute Gasteiger partial charge is 0.313 e. The lowest BCUT2D eigenvalue weighted by Gasteiger charge is -2.37. The molecule has 5 unspecified atom stereocenters. The molecule has 1 aromatic rings. The van der Waals surface area contributed by atoms with Gasteiger partial charge in [-0.05, 0) is 37.8 Å². The molecule has 148 valence electrons. The Balaban J connectivity index is 1.47. The zero-order chi connectivity index (χ0) is 18.8. The third kappa shape index (κ3) is 3.93. The Morgan fingerprint density at radius 2 is 1.81 bits per heavy atom. The molecule has 4 rings (SSSR count). The Bertz CT molecular complexity index is 628. The molecule has 1 aliphatic carbocycles. The van der Waals surface area contributed by atoms with Crippen molar-refractivity contribution in [2.45, 2.75) is 81.6 Å². The number of hydrogen-bond donors (Lipinski definition) is 0. The lowest BCUT2D eigenvalue weighted by atomic mass is 9.77. The molecular formula is C23H33NO3. The van der Waals surface area contributed by atoms with Crippen LogP contribution in [0.2, 0.25) is 0 Å². The second-order valence-electron chi connectivity index (χ2n) is 8.71. The fourth-order valence-corrected chi connectivity index (χ4v) is 5.69. The summed E-state index contributed by atoms with van der Waals surface area (Å²) in [5.41, 5.74) is 1.13. The number of methoxy groups -OCH3 is 1. The number of piperidine rings is 1. The first-order valence-corrected chi connectivity index (χ1v) is 10.7. The maximum Gasteiger partial charge on any atom is 0.313 e. The summed E-state index contributed by atoms with van der Waals surface area (Å²) in [7, 11) is 3.98. The number of fused-ring (bicyclic) bond motifs is 2. The topological polar surface area (TPSA) is 38.8 Å². The molecule has 3 fully saturated rings. The summed E-state index contributed by atoms with van der Waals surface area (Å²) in [6.45, 7) is 0. The van der Waals surface area contributed by atoms with Crippen LogP contribution in [0.1, 0.15) is 62.8 Å². The van der Waals surface area contributed by atoms with Crippen molar-refractivity contribution in [3.63, 3.8) is 0 Å². The Labute approximate surface area is 163 Å². The van der Waals surface area contributed by atoms with Gasteiger partial charge in [-0.25, -0.2) is 0 Å². The number of benzene rings is 1. The second kappa shape index (κ2) is 8.32. The van der Waals surface area contributed by atoms with Crippen LogP contribution in [0.5, 0.6) is 0 Å². The molecule has 4 nitrogen and oxygen atoms in total. The molecule has 0 spiro atoms. The van der Waals surface area contributed by atoms with Crippen molar-refractivity contribution in [2.75, 3.05) is 14.2 Å². The monoisotopic (exact) mass is 371 g/mol. The number of esters is 1. The van der Waals surface area contributed by atoms with E-state index in [9.17, 15) is 4.79 Å². The number of likely N-dealkylation sites (N-methyl/N-ethyl adjacent to an activating group) is 1. The van der Waals surface area contributed by atoms with E-state index in [1.54, 1.807) is 7.11 Å². The molecule has 2 saturated heterocycles. The van der Waals surface area contributed by atoms with Crippen molar-refractivity contribution >= 4 is 5.97 Å². The zero-order valence-electron chi connectivity index (χ0n) is 16.7. The molecular weight excluding hydrogens is 338 g/mol. The molecule has 2 heterocycles. The van der Waals surface area contributed by atoms with E-state index >= 15 is 0 Å². The highest BCUT2D eigenvalue weighted by molar-refractivity contribution is 5.78. The summed E-state index contributed by atoms with van der Waals surface area (Å²) >= 11 is 0. The zero-order valence-corrected chi connectivity index (χ0v) is 16.7. The Morgan fingerprint density at radius 3 is 2.52 bits per heavy atom. The SMILES string of the molecule is COC1CC2CC(OC(=O)C(c3ccccc3)C3CCCCC3)CC1N2C. The molecule has 27 heavy (non-hydrogen) atoms. The molecule has 2 aliphatic heterocycles. The van der Waals surface area contributed by atoms with E-state index in [0.29, 0.717) is 18.0 Å². The number of carbonyl (C=O) groups excluding carboxylic acids is 1. The summed E-state index contributed by atoms with van der Waals surface area (Å²) in [6.07, 6.45) is 9.21. The molecule has 0 N–H and O–H groups in total. The van der Waals surface area contributed by atoms with E-state index < -0.39 is 0 Å². The fourth-order valence-electron chi connectivity index (χ4n) is 5.69. The standard InChI is InChI=1S/C23H33NO3/c1-24-18-13-19(15-20(24)21(14-18)26-2)27-23(25)22(16-9-5-3-6-10-16)17-11-7-4-8-12-17/h3,5-6,9-10,17-22H,4,7-8,11-15H2,1-2H3. The van der Waals surface area contributed by atoms with Crippen molar-refractivity contribution in [3.8, 4) is 0 Å². The summed E-state index contributed by atoms with van der Waals surface area (Å²) in [5, 5.41) is 0. The number of hydrogen-bond acceptors (Lipinski definition) is 4. The predicted octanol–water partition coefficient (Wildman–Crippen LogP) is 4.14. The average Bonchev–Trinajstić information content (AvgIpc) is 2.87. The summed E-state index contributed by atoms with van der Waals surface area (Å²) in [4.78, 5) is 15.7. The first-order valence-electron chi connectivity index (χ1n) is 10.7. The van der Waals surface area contributed by atoms with E-state index in [1.165, 1.54) is 19.3 Å². The molecule has 0 aromatic heterocycles. The van der Waals surface area contributed by atoms with Gasteiger partial charge in [0.15, 0.2) is 0 Å². The van der Waals surface area contributed by atoms with Gasteiger partial charge in [-0.3, -0.25) is 9.69 Å². The molecule has 5 atom stereocenters. The van der Waals surface area contributed by atoms with Gasteiger partial charge in [0, 0.05) is 32.0 Å². The minimum absolute atomic E-state index is 0.00369. The highest BCUT2D eigenvalue weighted by Crippen LogP contribution is 2.40. The van der Waals surface area contributed by atoms with E-state index in [2.05, 4.69) is 24.1 Å². The maximum absolute atomic E-state index is 13.3. The summed E-state index contributed by atoms with van der Waals surface area (Å²) in [5.74, 6) is 0.307. The van der Waals surface area contributed by atoms with Crippen LogP contribution >= 0.6 is 0 Å². The third-order valence-corrected chi connectivity index (χ3v) is 7.19. The van der Waals surface area contributed by atoms with Gasteiger partial charge in [-0.15, -0.1) is 0 Å². The molecule has 3 aliphatic rings. The minimum atomic E-state index is -0.109. The molecule has 1 saturated carbocycles. The largest absolute Gasteiger partial charge is 0.462 e. The van der Waals surface area contributed by atoms with Crippen molar-refractivity contribution in [3.05, 3.63) is 35.9 Å². The fraction of sp³-hybridized carbons (Fsp3) is 0.696. The summed E-state index contributed by atoms with van der Waals surface area (Å²) < 4.78 is 11.8. The highest BCUT2D eigenvalue weighted by Gasteiger charge is 2.46. The number of rotatable bonds is 5. The Hall–Kier alpha value is -1.39. The van der Waals surface area contributed by atoms with Crippen LogP contribution in [0.3, 0.4) is 0 Å². The Kier molecular flexibility index (Phi) is 5.84.